The Balaban J connectivity index is 1.94. The van der Waals surface area contributed by atoms with Gasteiger partial charge in [0.2, 0.25) is 0 Å². The van der Waals surface area contributed by atoms with Gasteiger partial charge in [-0.15, -0.1) is 0 Å². The molecule has 0 atom stereocenters. The second-order valence-electron chi connectivity index (χ2n) is 5.32. The first-order valence-electron chi connectivity index (χ1n) is 7.78. The number of nitrogens with one attached hydrogen (secondary N) is 1. The number of methoxy groups -OCH3 is 1. The van der Waals surface area contributed by atoms with Gasteiger partial charge in [0.05, 0.1) is 29.5 Å². The quantitative estimate of drug-likeness (QED) is 0.600. The Hall–Kier alpha value is -2.36. The molecule has 3 aromatic rings. The van der Waals surface area contributed by atoms with Crippen LogP contribution in [0.2, 0.25) is 5.02 Å². The fourth-order valence-electron chi connectivity index (χ4n) is 2.34. The first-order chi connectivity index (χ1) is 12.8. The van der Waals surface area contributed by atoms with E-state index in [1.165, 1.54) is 25.3 Å². The van der Waals surface area contributed by atoms with Gasteiger partial charge < -0.3 is 9.47 Å². The third kappa shape index (κ3) is 4.15. The molecule has 142 valence electrons. The highest BCUT2D eigenvalue weighted by molar-refractivity contribution is 7.93. The van der Waals surface area contributed by atoms with E-state index in [2.05, 4.69) is 9.71 Å². The Morgan fingerprint density at radius 3 is 2.74 bits per heavy atom. The lowest BCUT2D eigenvalue weighted by atomic mass is 10.2. The lowest BCUT2D eigenvalue weighted by Crippen LogP contribution is -2.13. The van der Waals surface area contributed by atoms with Crippen LogP contribution in [0.5, 0.6) is 5.75 Å². The summed E-state index contributed by atoms with van der Waals surface area (Å²) in [5, 5.41) is 0.424. The van der Waals surface area contributed by atoms with Crippen LogP contribution >= 0.6 is 22.9 Å². The number of sulfonamides is 1. The highest BCUT2D eigenvalue weighted by atomic mass is 35.5. The minimum atomic E-state index is -3.96. The van der Waals surface area contributed by atoms with Crippen LogP contribution in [-0.2, 0) is 14.8 Å². The molecule has 27 heavy (non-hydrogen) atoms. The number of hydrogen-bond acceptors (Lipinski definition) is 7. The number of carbonyl (C=O) groups excluding carboxylic acids is 1. The van der Waals surface area contributed by atoms with Gasteiger partial charge in [-0.25, -0.2) is 18.2 Å². The zero-order valence-electron chi connectivity index (χ0n) is 14.4. The second-order valence-corrected chi connectivity index (χ2v) is 8.44. The molecule has 1 N–H and O–H groups in total. The number of hydrogen-bond donors (Lipinski definition) is 1. The summed E-state index contributed by atoms with van der Waals surface area (Å²) in [7, 11) is -2.59. The Labute approximate surface area is 164 Å². The van der Waals surface area contributed by atoms with Crippen molar-refractivity contribution in [1.82, 2.24) is 4.98 Å². The van der Waals surface area contributed by atoms with E-state index in [0.717, 1.165) is 11.3 Å². The minimum absolute atomic E-state index is 0.0935. The van der Waals surface area contributed by atoms with Gasteiger partial charge in [0.25, 0.3) is 10.0 Å². The molecule has 0 saturated heterocycles. The number of thiazole rings is 1. The summed E-state index contributed by atoms with van der Waals surface area (Å²) in [5.41, 5.74) is 0.933. The van der Waals surface area contributed by atoms with E-state index in [9.17, 15) is 13.2 Å². The van der Waals surface area contributed by atoms with Crippen molar-refractivity contribution in [2.45, 2.75) is 11.8 Å². The molecule has 0 aliphatic heterocycles. The van der Waals surface area contributed by atoms with E-state index >= 15 is 0 Å². The summed E-state index contributed by atoms with van der Waals surface area (Å²) in [5.74, 6) is -0.281. The predicted octanol–water partition coefficient (Wildman–Crippen LogP) is 3.94. The number of esters is 1. The molecular weight excluding hydrogens is 412 g/mol. The number of rotatable bonds is 6. The van der Waals surface area contributed by atoms with Crippen molar-refractivity contribution < 1.29 is 22.7 Å². The monoisotopic (exact) mass is 426 g/mol. The van der Waals surface area contributed by atoms with E-state index in [-0.39, 0.29) is 27.4 Å². The number of ether oxygens (including phenoxy) is 2. The predicted molar refractivity (Wildman–Crippen MR) is 104 cm³/mol. The highest BCUT2D eigenvalue weighted by Crippen LogP contribution is 2.32. The molecule has 0 bridgehead atoms. The maximum absolute atomic E-state index is 12.7. The number of benzene rings is 2. The Morgan fingerprint density at radius 1 is 1.26 bits per heavy atom. The maximum atomic E-state index is 12.7. The highest BCUT2D eigenvalue weighted by Gasteiger charge is 2.22. The van der Waals surface area contributed by atoms with Gasteiger partial charge in [-0.2, -0.15) is 0 Å². The zero-order chi connectivity index (χ0) is 19.6. The van der Waals surface area contributed by atoms with E-state index in [1.54, 1.807) is 25.1 Å². The lowest BCUT2D eigenvalue weighted by molar-refractivity contribution is 0.0526. The van der Waals surface area contributed by atoms with Gasteiger partial charge >= 0.3 is 5.97 Å². The minimum Gasteiger partial charge on any atom is -0.495 e. The number of nitrogens with zero attached hydrogens (tertiary/aromatic N) is 1. The number of anilines is 1. The fourth-order valence-corrected chi connectivity index (χ4v) is 4.91. The van der Waals surface area contributed by atoms with Crippen molar-refractivity contribution in [3.63, 3.8) is 0 Å². The van der Waals surface area contributed by atoms with Gasteiger partial charge in [-0.05, 0) is 43.3 Å². The molecule has 2 aromatic carbocycles. The van der Waals surface area contributed by atoms with Gasteiger partial charge in [0.15, 0.2) is 5.13 Å². The molecule has 0 amide bonds. The summed E-state index contributed by atoms with van der Waals surface area (Å²) in [6.07, 6.45) is 0. The van der Waals surface area contributed by atoms with Crippen LogP contribution < -0.4 is 9.46 Å². The summed E-state index contributed by atoms with van der Waals surface area (Å²) in [6, 6.07) is 9.14. The molecule has 0 unspecified atom stereocenters. The molecule has 0 spiro atoms. The normalized spacial score (nSPS) is 11.4. The maximum Gasteiger partial charge on any atom is 0.338 e. The Morgan fingerprint density at radius 2 is 2.04 bits per heavy atom. The lowest BCUT2D eigenvalue weighted by Gasteiger charge is -2.10. The van der Waals surface area contributed by atoms with Crippen molar-refractivity contribution in [2.24, 2.45) is 0 Å². The van der Waals surface area contributed by atoms with Gasteiger partial charge in [0, 0.05) is 5.02 Å². The topological polar surface area (TPSA) is 94.6 Å². The molecule has 1 aromatic heterocycles. The molecule has 0 fully saturated rings. The van der Waals surface area contributed by atoms with Gasteiger partial charge in [-0.1, -0.05) is 22.9 Å². The van der Waals surface area contributed by atoms with E-state index in [4.69, 9.17) is 21.1 Å². The molecule has 1 heterocycles. The van der Waals surface area contributed by atoms with Crippen molar-refractivity contribution >= 4 is 54.3 Å². The molecule has 10 heteroatoms. The summed E-state index contributed by atoms with van der Waals surface area (Å²) in [4.78, 5) is 16.0. The number of fused-ring (bicyclic) bond motifs is 1. The SMILES string of the molecule is CCOC(=O)c1ccc2nc(NS(=O)(=O)c3cc(Cl)ccc3OC)sc2c1. The molecule has 0 saturated carbocycles. The van der Waals surface area contributed by atoms with E-state index < -0.39 is 16.0 Å². The van der Waals surface area contributed by atoms with Crippen LogP contribution in [0.25, 0.3) is 10.2 Å². The summed E-state index contributed by atoms with van der Waals surface area (Å²) >= 11 is 7.02. The zero-order valence-corrected chi connectivity index (χ0v) is 16.7. The third-order valence-electron chi connectivity index (χ3n) is 3.54. The van der Waals surface area contributed by atoms with Crippen LogP contribution in [0, 0.1) is 0 Å². The van der Waals surface area contributed by atoms with Crippen LogP contribution in [0.1, 0.15) is 17.3 Å². The van der Waals surface area contributed by atoms with Crippen LogP contribution in [0.15, 0.2) is 41.3 Å². The fraction of sp³-hybridized carbons (Fsp3) is 0.176. The molecule has 0 radical (unpaired) electrons. The average molecular weight is 427 g/mol. The molecular formula is C17H15ClN2O5S2. The number of carbonyl (C=O) groups is 1. The van der Waals surface area contributed by atoms with Crippen molar-refractivity contribution in [3.05, 3.63) is 47.0 Å². The first kappa shape index (κ1) is 19.4. The smallest absolute Gasteiger partial charge is 0.338 e. The summed E-state index contributed by atoms with van der Waals surface area (Å²) < 4.78 is 38.6. The second kappa shape index (κ2) is 7.71. The van der Waals surface area contributed by atoms with Crippen molar-refractivity contribution in [1.29, 1.82) is 0 Å². The van der Waals surface area contributed by atoms with E-state index in [1.807, 2.05) is 0 Å². The number of aromatic nitrogens is 1. The van der Waals surface area contributed by atoms with Gasteiger partial charge in [0.1, 0.15) is 10.6 Å². The number of halogens is 1. The van der Waals surface area contributed by atoms with Crippen LogP contribution in [0.4, 0.5) is 5.13 Å². The van der Waals surface area contributed by atoms with Crippen molar-refractivity contribution in [3.8, 4) is 5.75 Å². The molecule has 7 nitrogen and oxygen atoms in total. The average Bonchev–Trinajstić information content (AvgIpc) is 3.02. The van der Waals surface area contributed by atoms with E-state index in [0.29, 0.717) is 15.8 Å². The van der Waals surface area contributed by atoms with Gasteiger partial charge in [-0.3, -0.25) is 4.72 Å². The Bertz CT molecular complexity index is 1110. The largest absolute Gasteiger partial charge is 0.495 e. The molecule has 3 rings (SSSR count). The molecule has 0 aliphatic rings. The molecule has 0 aliphatic carbocycles. The summed E-state index contributed by atoms with van der Waals surface area (Å²) in [6.45, 7) is 1.99. The standard InChI is InChI=1S/C17H15ClN2O5S2/c1-3-25-16(21)10-4-6-12-14(8-10)26-17(19-12)20-27(22,23)15-9-11(18)5-7-13(15)24-2/h4-9H,3H2,1-2H3,(H,19,20). The third-order valence-corrected chi connectivity index (χ3v) is 6.19. The Kier molecular flexibility index (Phi) is 5.54. The van der Waals surface area contributed by atoms with Crippen molar-refractivity contribution in [2.75, 3.05) is 18.4 Å². The first-order valence-corrected chi connectivity index (χ1v) is 10.5. The van der Waals surface area contributed by atoms with Crippen LogP contribution in [-0.4, -0.2) is 33.1 Å². The van der Waals surface area contributed by atoms with Crippen LogP contribution in [0.3, 0.4) is 0 Å².